The normalized spacial score (nSPS) is 27.9. The lowest BCUT2D eigenvalue weighted by molar-refractivity contribution is -0.129. The number of ketones is 2. The number of rotatable bonds is 11. The summed E-state index contributed by atoms with van der Waals surface area (Å²) in [6.07, 6.45) is 37.2. The van der Waals surface area contributed by atoms with Gasteiger partial charge in [0.1, 0.15) is 11.6 Å². The Balaban J connectivity index is 1.85. The predicted octanol–water partition coefficient (Wildman–Crippen LogP) is 11.4. The lowest BCUT2D eigenvalue weighted by Crippen LogP contribution is -2.37. The van der Waals surface area contributed by atoms with E-state index in [0.29, 0.717) is 30.3 Å². The highest BCUT2D eigenvalue weighted by molar-refractivity contribution is 5.82. The van der Waals surface area contributed by atoms with Gasteiger partial charge >= 0.3 is 0 Å². The van der Waals surface area contributed by atoms with Crippen molar-refractivity contribution in [1.82, 2.24) is 0 Å². The summed E-state index contributed by atoms with van der Waals surface area (Å²) in [6, 6.07) is 0. The largest absolute Gasteiger partial charge is 0.299 e. The van der Waals surface area contributed by atoms with E-state index in [-0.39, 0.29) is 28.6 Å². The van der Waals surface area contributed by atoms with Gasteiger partial charge in [-0.3, -0.25) is 9.59 Å². The first-order valence-electron chi connectivity index (χ1n) is 16.4. The van der Waals surface area contributed by atoms with Crippen LogP contribution in [0.3, 0.4) is 0 Å². The highest BCUT2D eigenvalue weighted by Gasteiger charge is 2.40. The first-order chi connectivity index (χ1) is 20.6. The van der Waals surface area contributed by atoms with Crippen molar-refractivity contribution < 1.29 is 9.59 Å². The average Bonchev–Trinajstić information content (AvgIpc) is 2.95. The molecule has 0 aliphatic heterocycles. The third-order valence-corrected chi connectivity index (χ3v) is 9.55. The fraction of sp³-hybridized carbons (Fsp3) is 0.476. The molecule has 2 heteroatoms. The van der Waals surface area contributed by atoms with Gasteiger partial charge in [-0.25, -0.2) is 0 Å². The Kier molecular flexibility index (Phi) is 14.5. The molecule has 2 fully saturated rings. The van der Waals surface area contributed by atoms with Crippen molar-refractivity contribution in [3.63, 3.8) is 0 Å². The Morgan fingerprint density at radius 2 is 0.886 bits per heavy atom. The zero-order valence-electron chi connectivity index (χ0n) is 29.2. The maximum Gasteiger partial charge on any atom is 0.136 e. The SMILES string of the molecule is CC(=C/C=C/C(C)=C/C=C/C=C(C)/C=C/C=C(C)\C=C\[C@H]1[C@H](C)C(=O)CCC1(C)C)/C=C/C=C/[C@H]1[C@H](C)C(=O)CCC1(C)C. The molecule has 0 bridgehead atoms. The van der Waals surface area contributed by atoms with E-state index >= 15 is 0 Å². The van der Waals surface area contributed by atoms with E-state index in [1.54, 1.807) is 0 Å². The second-order valence-electron chi connectivity index (χ2n) is 14.4. The number of hydrogen-bond acceptors (Lipinski definition) is 2. The highest BCUT2D eigenvalue weighted by atomic mass is 16.1. The van der Waals surface area contributed by atoms with Gasteiger partial charge in [0.15, 0.2) is 0 Å². The van der Waals surface area contributed by atoms with Gasteiger partial charge in [-0.1, -0.05) is 161 Å². The minimum atomic E-state index is 0.0947. The van der Waals surface area contributed by atoms with Gasteiger partial charge in [-0.05, 0) is 63.2 Å². The third-order valence-electron chi connectivity index (χ3n) is 9.55. The van der Waals surface area contributed by atoms with Crippen LogP contribution in [0.5, 0.6) is 0 Å². The summed E-state index contributed by atoms with van der Waals surface area (Å²) in [5.74, 6) is 1.55. The second kappa shape index (κ2) is 17.3. The molecule has 2 rings (SSSR count). The van der Waals surface area contributed by atoms with Gasteiger partial charge < -0.3 is 0 Å². The Labute approximate surface area is 269 Å². The minimum Gasteiger partial charge on any atom is -0.299 e. The lowest BCUT2D eigenvalue weighted by atomic mass is 9.63. The van der Waals surface area contributed by atoms with Gasteiger partial charge in [-0.2, -0.15) is 0 Å². The van der Waals surface area contributed by atoms with Crippen LogP contribution in [-0.4, -0.2) is 11.6 Å². The van der Waals surface area contributed by atoms with Crippen molar-refractivity contribution in [3.05, 3.63) is 120 Å². The molecule has 0 radical (unpaired) electrons. The lowest BCUT2D eigenvalue weighted by Gasteiger charge is -2.40. The molecule has 0 unspecified atom stereocenters. The van der Waals surface area contributed by atoms with Crippen molar-refractivity contribution in [3.8, 4) is 0 Å². The minimum absolute atomic E-state index is 0.0947. The van der Waals surface area contributed by atoms with E-state index < -0.39 is 0 Å². The van der Waals surface area contributed by atoms with E-state index in [1.807, 2.05) is 0 Å². The summed E-state index contributed by atoms with van der Waals surface area (Å²) in [5.41, 5.74) is 5.04. The molecule has 2 saturated carbocycles. The molecular weight excluding hydrogens is 536 g/mol. The zero-order valence-corrected chi connectivity index (χ0v) is 29.2. The van der Waals surface area contributed by atoms with Gasteiger partial charge in [0.25, 0.3) is 0 Å². The van der Waals surface area contributed by atoms with Crippen LogP contribution in [0.2, 0.25) is 0 Å². The topological polar surface area (TPSA) is 34.1 Å². The maximum absolute atomic E-state index is 12.2. The number of Topliss-reactive ketones (excluding diaryl/α,β-unsaturated/α-hetero) is 2. The fourth-order valence-electron chi connectivity index (χ4n) is 6.27. The van der Waals surface area contributed by atoms with E-state index in [2.05, 4.69) is 166 Å². The van der Waals surface area contributed by atoms with Crippen molar-refractivity contribution in [2.24, 2.45) is 34.5 Å². The Bertz CT molecular complexity index is 1310. The molecule has 4 atom stereocenters. The molecule has 2 aliphatic carbocycles. The molecular formula is C42H58O2. The van der Waals surface area contributed by atoms with Crippen molar-refractivity contribution in [2.45, 2.75) is 94.9 Å². The van der Waals surface area contributed by atoms with E-state index in [0.717, 1.165) is 12.8 Å². The second-order valence-corrected chi connectivity index (χ2v) is 14.4. The van der Waals surface area contributed by atoms with Crippen molar-refractivity contribution in [2.75, 3.05) is 0 Å². The van der Waals surface area contributed by atoms with Crippen LogP contribution < -0.4 is 0 Å². The van der Waals surface area contributed by atoms with Crippen LogP contribution in [0.1, 0.15) is 94.9 Å². The smallest absolute Gasteiger partial charge is 0.136 e. The molecule has 238 valence electrons. The molecule has 0 aromatic rings. The Hall–Kier alpha value is -3.26. The molecule has 0 aromatic heterocycles. The number of allylic oxidation sites excluding steroid dienone is 20. The van der Waals surface area contributed by atoms with E-state index in [4.69, 9.17) is 0 Å². The van der Waals surface area contributed by atoms with E-state index in [9.17, 15) is 9.59 Å². The fourth-order valence-corrected chi connectivity index (χ4v) is 6.27. The maximum atomic E-state index is 12.2. The Morgan fingerprint density at radius 3 is 1.34 bits per heavy atom. The van der Waals surface area contributed by atoms with Crippen LogP contribution in [0.4, 0.5) is 0 Å². The van der Waals surface area contributed by atoms with Crippen LogP contribution >= 0.6 is 0 Å². The Morgan fingerprint density at radius 1 is 0.523 bits per heavy atom. The van der Waals surface area contributed by atoms with Gasteiger partial charge in [0, 0.05) is 24.7 Å². The van der Waals surface area contributed by atoms with E-state index in [1.165, 1.54) is 22.3 Å². The van der Waals surface area contributed by atoms with Gasteiger partial charge in [0.05, 0.1) is 0 Å². The van der Waals surface area contributed by atoms with Crippen molar-refractivity contribution >= 4 is 11.6 Å². The predicted molar refractivity (Wildman–Crippen MR) is 191 cm³/mol. The molecule has 0 heterocycles. The van der Waals surface area contributed by atoms with Gasteiger partial charge in [0.2, 0.25) is 0 Å². The van der Waals surface area contributed by atoms with Crippen LogP contribution in [-0.2, 0) is 9.59 Å². The van der Waals surface area contributed by atoms with Crippen LogP contribution in [0, 0.1) is 34.5 Å². The first kappa shape index (κ1) is 36.9. The molecule has 0 spiro atoms. The average molecular weight is 595 g/mol. The molecule has 0 N–H and O–H groups in total. The van der Waals surface area contributed by atoms with Crippen LogP contribution in [0.25, 0.3) is 0 Å². The molecule has 0 amide bonds. The summed E-state index contributed by atoms with van der Waals surface area (Å²) in [4.78, 5) is 24.4. The summed E-state index contributed by atoms with van der Waals surface area (Å²) in [7, 11) is 0. The van der Waals surface area contributed by atoms with Crippen LogP contribution in [0.15, 0.2) is 120 Å². The standard InChI is InChI=1S/C42H58O2/c1-31(20-15-21-33(3)19-13-14-24-37-35(5)39(43)27-29-41(37,7)8)17-11-12-18-32(2)22-16-23-34(4)25-26-38-36(6)40(44)28-30-42(38,9)10/h11-26,35-38H,27-30H2,1-10H3/b12-11+,19-13+,20-15+,22-16+,24-14+,26-25+,31-17+,32-18+,33-21-,34-23-/t35-,36-,37-,38-/m0/s1. The summed E-state index contributed by atoms with van der Waals surface area (Å²) >= 11 is 0. The number of carbonyl (C=O) groups excluding carboxylic acids is 2. The van der Waals surface area contributed by atoms with Crippen molar-refractivity contribution in [1.29, 1.82) is 0 Å². The monoisotopic (exact) mass is 594 g/mol. The quantitative estimate of drug-likeness (QED) is 0.223. The summed E-state index contributed by atoms with van der Waals surface area (Å²) < 4.78 is 0. The van der Waals surface area contributed by atoms with Gasteiger partial charge in [-0.15, -0.1) is 0 Å². The third kappa shape index (κ3) is 12.0. The molecule has 0 saturated heterocycles. The molecule has 2 nitrogen and oxygen atoms in total. The zero-order chi connectivity index (χ0) is 32.9. The highest BCUT2D eigenvalue weighted by Crippen LogP contribution is 2.44. The molecule has 44 heavy (non-hydrogen) atoms. The first-order valence-corrected chi connectivity index (χ1v) is 16.4. The molecule has 2 aliphatic rings. The summed E-state index contributed by atoms with van der Waals surface area (Å²) in [6.45, 7) is 21.6. The number of hydrogen-bond donors (Lipinski definition) is 0. The number of carbonyl (C=O) groups is 2. The molecule has 0 aromatic carbocycles. The summed E-state index contributed by atoms with van der Waals surface area (Å²) in [5, 5.41) is 0.